The van der Waals surface area contributed by atoms with E-state index in [-0.39, 0.29) is 11.8 Å². The molecule has 25 heavy (non-hydrogen) atoms. The van der Waals surface area contributed by atoms with Gasteiger partial charge < -0.3 is 15.0 Å². The lowest BCUT2D eigenvalue weighted by Crippen LogP contribution is -2.47. The molecule has 1 saturated carbocycles. The van der Waals surface area contributed by atoms with Gasteiger partial charge in [-0.2, -0.15) is 0 Å². The van der Waals surface area contributed by atoms with Gasteiger partial charge in [0.15, 0.2) is 6.10 Å². The number of benzene rings is 1. The number of hydrogen-bond acceptors (Lipinski definition) is 3. The van der Waals surface area contributed by atoms with Crippen molar-refractivity contribution in [3.63, 3.8) is 0 Å². The summed E-state index contributed by atoms with van der Waals surface area (Å²) in [5, 5.41) is 3.15. The molecule has 1 heterocycles. The largest absolute Gasteiger partial charge is 0.478 e. The second kappa shape index (κ2) is 8.37. The van der Waals surface area contributed by atoms with Gasteiger partial charge in [0, 0.05) is 19.0 Å². The van der Waals surface area contributed by atoms with Crippen molar-refractivity contribution < 1.29 is 14.3 Å². The first-order chi connectivity index (χ1) is 12.2. The molecular weight excluding hydrogens is 316 g/mol. The standard InChI is InChI=1S/C20H28N2O3/c1-2-17-20(24)22(16-11-7-8-12-18(16)25-17)14-13-19(23)21-15-9-5-3-4-6-10-15/h7-8,11-12,15,17H,2-6,9-10,13-14H2,1H3,(H,21,23). The molecule has 1 N–H and O–H groups in total. The van der Waals surface area contributed by atoms with Crippen LogP contribution in [0.15, 0.2) is 24.3 Å². The third kappa shape index (κ3) is 4.33. The van der Waals surface area contributed by atoms with E-state index in [4.69, 9.17) is 4.74 Å². The predicted octanol–water partition coefficient (Wildman–Crippen LogP) is 3.42. The van der Waals surface area contributed by atoms with Crippen LogP contribution in [0.3, 0.4) is 0 Å². The molecule has 2 amide bonds. The number of ether oxygens (including phenoxy) is 1. The molecular formula is C20H28N2O3. The Morgan fingerprint density at radius 1 is 1.20 bits per heavy atom. The number of nitrogens with one attached hydrogen (secondary N) is 1. The van der Waals surface area contributed by atoms with Crippen molar-refractivity contribution in [2.75, 3.05) is 11.4 Å². The average molecular weight is 344 g/mol. The number of carbonyl (C=O) groups excluding carboxylic acids is 2. The van der Waals surface area contributed by atoms with Crippen LogP contribution in [0.1, 0.15) is 58.3 Å². The Kier molecular flexibility index (Phi) is 5.95. The molecule has 5 nitrogen and oxygen atoms in total. The first-order valence-corrected chi connectivity index (χ1v) is 9.55. The number of rotatable bonds is 5. The fourth-order valence-corrected chi connectivity index (χ4v) is 3.70. The van der Waals surface area contributed by atoms with Crippen molar-refractivity contribution in [3.05, 3.63) is 24.3 Å². The summed E-state index contributed by atoms with van der Waals surface area (Å²) in [5.74, 6) is 0.707. The van der Waals surface area contributed by atoms with Crippen LogP contribution in [0.2, 0.25) is 0 Å². The topological polar surface area (TPSA) is 58.6 Å². The molecule has 136 valence electrons. The number of para-hydroxylation sites is 2. The number of nitrogens with zero attached hydrogens (tertiary/aromatic N) is 1. The summed E-state index contributed by atoms with van der Waals surface area (Å²) >= 11 is 0. The first kappa shape index (κ1) is 17.8. The molecule has 1 atom stereocenters. The Morgan fingerprint density at radius 3 is 2.64 bits per heavy atom. The van der Waals surface area contributed by atoms with E-state index in [0.29, 0.717) is 25.4 Å². The lowest BCUT2D eigenvalue weighted by atomic mass is 10.1. The summed E-state index contributed by atoms with van der Waals surface area (Å²) in [4.78, 5) is 26.7. The van der Waals surface area contributed by atoms with Gasteiger partial charge in [-0.3, -0.25) is 9.59 Å². The predicted molar refractivity (Wildman–Crippen MR) is 97.8 cm³/mol. The van der Waals surface area contributed by atoms with E-state index in [0.717, 1.165) is 24.3 Å². The Labute approximate surface area is 149 Å². The summed E-state index contributed by atoms with van der Waals surface area (Å²) in [6.45, 7) is 2.34. The lowest BCUT2D eigenvalue weighted by Gasteiger charge is -2.34. The maximum absolute atomic E-state index is 12.6. The normalized spacial score (nSPS) is 21.2. The van der Waals surface area contributed by atoms with Crippen molar-refractivity contribution in [2.45, 2.75) is 70.4 Å². The van der Waals surface area contributed by atoms with E-state index < -0.39 is 6.10 Å². The van der Waals surface area contributed by atoms with Crippen LogP contribution in [0.4, 0.5) is 5.69 Å². The Bertz CT molecular complexity index is 609. The van der Waals surface area contributed by atoms with Crippen LogP contribution in [0.5, 0.6) is 5.75 Å². The van der Waals surface area contributed by atoms with E-state index in [2.05, 4.69) is 5.32 Å². The second-order valence-corrected chi connectivity index (χ2v) is 6.98. The minimum atomic E-state index is -0.459. The fraction of sp³-hybridized carbons (Fsp3) is 0.600. The molecule has 0 radical (unpaired) electrons. The van der Waals surface area contributed by atoms with Crippen LogP contribution >= 0.6 is 0 Å². The van der Waals surface area contributed by atoms with Gasteiger partial charge in [0.05, 0.1) is 5.69 Å². The molecule has 0 saturated heterocycles. The highest BCUT2D eigenvalue weighted by molar-refractivity contribution is 6.00. The van der Waals surface area contributed by atoms with Crippen LogP contribution in [-0.2, 0) is 9.59 Å². The van der Waals surface area contributed by atoms with Gasteiger partial charge in [-0.25, -0.2) is 0 Å². The van der Waals surface area contributed by atoms with Crippen molar-refractivity contribution in [2.24, 2.45) is 0 Å². The highest BCUT2D eigenvalue weighted by atomic mass is 16.5. The quantitative estimate of drug-likeness (QED) is 0.833. The van der Waals surface area contributed by atoms with Crippen molar-refractivity contribution in [3.8, 4) is 5.75 Å². The zero-order chi connectivity index (χ0) is 17.6. The maximum atomic E-state index is 12.6. The van der Waals surface area contributed by atoms with Gasteiger partial charge in [-0.1, -0.05) is 44.7 Å². The molecule has 5 heteroatoms. The third-order valence-corrected chi connectivity index (χ3v) is 5.12. The number of amides is 2. The van der Waals surface area contributed by atoms with Gasteiger partial charge in [0.1, 0.15) is 5.75 Å². The smallest absolute Gasteiger partial charge is 0.268 e. The monoisotopic (exact) mass is 344 g/mol. The molecule has 1 unspecified atom stereocenters. The summed E-state index contributed by atoms with van der Waals surface area (Å²) in [5.41, 5.74) is 0.763. The minimum absolute atomic E-state index is 0.0386. The summed E-state index contributed by atoms with van der Waals surface area (Å²) in [7, 11) is 0. The van der Waals surface area contributed by atoms with Crippen LogP contribution in [-0.4, -0.2) is 30.5 Å². The van der Waals surface area contributed by atoms with E-state index in [1.807, 2.05) is 31.2 Å². The molecule has 1 aromatic carbocycles. The molecule has 0 spiro atoms. The zero-order valence-electron chi connectivity index (χ0n) is 15.0. The van der Waals surface area contributed by atoms with E-state index in [1.54, 1.807) is 4.90 Å². The van der Waals surface area contributed by atoms with Crippen molar-refractivity contribution in [1.82, 2.24) is 5.32 Å². The average Bonchev–Trinajstić information content (AvgIpc) is 2.89. The molecule has 0 aromatic heterocycles. The second-order valence-electron chi connectivity index (χ2n) is 6.98. The van der Waals surface area contributed by atoms with Crippen LogP contribution < -0.4 is 15.0 Å². The third-order valence-electron chi connectivity index (χ3n) is 5.12. The van der Waals surface area contributed by atoms with E-state index in [9.17, 15) is 9.59 Å². The Balaban J connectivity index is 1.61. The van der Waals surface area contributed by atoms with E-state index >= 15 is 0 Å². The van der Waals surface area contributed by atoms with E-state index in [1.165, 1.54) is 25.7 Å². The fourth-order valence-electron chi connectivity index (χ4n) is 3.70. The highest BCUT2D eigenvalue weighted by Crippen LogP contribution is 2.34. The number of anilines is 1. The van der Waals surface area contributed by atoms with Crippen molar-refractivity contribution >= 4 is 17.5 Å². The molecule has 1 aromatic rings. The van der Waals surface area contributed by atoms with Crippen LogP contribution in [0.25, 0.3) is 0 Å². The zero-order valence-corrected chi connectivity index (χ0v) is 15.0. The Hall–Kier alpha value is -2.04. The number of carbonyl (C=O) groups is 2. The highest BCUT2D eigenvalue weighted by Gasteiger charge is 2.33. The Morgan fingerprint density at radius 2 is 1.92 bits per heavy atom. The van der Waals surface area contributed by atoms with Gasteiger partial charge >= 0.3 is 0 Å². The molecule has 1 fully saturated rings. The molecule has 0 bridgehead atoms. The maximum Gasteiger partial charge on any atom is 0.268 e. The lowest BCUT2D eigenvalue weighted by molar-refractivity contribution is -0.126. The van der Waals surface area contributed by atoms with Gasteiger partial charge in [-0.15, -0.1) is 0 Å². The minimum Gasteiger partial charge on any atom is -0.478 e. The molecule has 1 aliphatic carbocycles. The van der Waals surface area contributed by atoms with Crippen LogP contribution in [0, 0.1) is 0 Å². The number of hydrogen-bond donors (Lipinski definition) is 1. The summed E-state index contributed by atoms with van der Waals surface area (Å²) in [6, 6.07) is 7.84. The van der Waals surface area contributed by atoms with Gasteiger partial charge in [0.25, 0.3) is 5.91 Å². The van der Waals surface area contributed by atoms with Crippen molar-refractivity contribution in [1.29, 1.82) is 0 Å². The first-order valence-electron chi connectivity index (χ1n) is 9.55. The molecule has 3 rings (SSSR count). The van der Waals surface area contributed by atoms with Gasteiger partial charge in [-0.05, 0) is 31.4 Å². The SMILES string of the molecule is CCC1Oc2ccccc2N(CCC(=O)NC2CCCCCC2)C1=O. The number of fused-ring (bicyclic) bond motifs is 1. The molecule has 1 aliphatic heterocycles. The molecule has 2 aliphatic rings. The van der Waals surface area contributed by atoms with Gasteiger partial charge in [0.2, 0.25) is 5.91 Å². The summed E-state index contributed by atoms with van der Waals surface area (Å²) in [6.07, 6.45) is 7.56. The summed E-state index contributed by atoms with van der Waals surface area (Å²) < 4.78 is 5.77.